The van der Waals surface area contributed by atoms with Crippen LogP contribution >= 0.6 is 0 Å². The molecule has 0 saturated heterocycles. The van der Waals surface area contributed by atoms with Crippen LogP contribution in [0.25, 0.3) is 5.52 Å². The molecule has 0 aliphatic carbocycles. The van der Waals surface area contributed by atoms with Gasteiger partial charge in [0.05, 0.1) is 12.2 Å². The van der Waals surface area contributed by atoms with Crippen molar-refractivity contribution >= 4 is 17.8 Å². The third-order valence-corrected chi connectivity index (χ3v) is 3.47. The maximum Gasteiger partial charge on any atom is 0.339 e. The van der Waals surface area contributed by atoms with Crippen LogP contribution in [0.5, 0.6) is 0 Å². The molecule has 0 fully saturated rings. The molecule has 0 unspecified atom stereocenters. The number of aromatic nitrogens is 1. The maximum absolute atomic E-state index is 12.0. The fourth-order valence-electron chi connectivity index (χ4n) is 2.32. The summed E-state index contributed by atoms with van der Waals surface area (Å²) in [5.74, 6) is -0.345. The summed E-state index contributed by atoms with van der Waals surface area (Å²) in [7, 11) is 0. The van der Waals surface area contributed by atoms with Crippen LogP contribution in [-0.2, 0) is 11.2 Å². The monoisotopic (exact) mass is 293 g/mol. The second kappa shape index (κ2) is 6.26. The van der Waals surface area contributed by atoms with Crippen molar-refractivity contribution in [3.63, 3.8) is 0 Å². The summed E-state index contributed by atoms with van der Waals surface area (Å²) in [6.07, 6.45) is 5.03. The molecule has 0 spiro atoms. The highest BCUT2D eigenvalue weighted by Gasteiger charge is 2.08. The highest BCUT2D eigenvalue weighted by Crippen LogP contribution is 2.09. The van der Waals surface area contributed by atoms with Gasteiger partial charge in [-0.1, -0.05) is 18.2 Å². The van der Waals surface area contributed by atoms with Gasteiger partial charge in [0.25, 0.3) is 0 Å². The van der Waals surface area contributed by atoms with Crippen LogP contribution in [0.2, 0.25) is 0 Å². The number of hydrogen-bond acceptors (Lipinski definition) is 3. The summed E-state index contributed by atoms with van der Waals surface area (Å²) >= 11 is 0. The Kier molecular flexibility index (Phi) is 4.01. The zero-order valence-electron chi connectivity index (χ0n) is 11.9. The van der Waals surface area contributed by atoms with Gasteiger partial charge in [0.2, 0.25) is 0 Å². The van der Waals surface area contributed by atoms with Gasteiger partial charge in [0.15, 0.2) is 0 Å². The molecule has 0 radical (unpaired) electrons. The predicted octanol–water partition coefficient (Wildman–Crippen LogP) is 3.15. The van der Waals surface area contributed by atoms with E-state index >= 15 is 0 Å². The van der Waals surface area contributed by atoms with Crippen LogP contribution < -0.4 is 0 Å². The lowest BCUT2D eigenvalue weighted by Gasteiger charge is -2.06. The van der Waals surface area contributed by atoms with E-state index < -0.39 is 0 Å². The van der Waals surface area contributed by atoms with E-state index in [0.717, 1.165) is 17.4 Å². The first-order chi connectivity index (χ1) is 10.8. The van der Waals surface area contributed by atoms with Crippen LogP contribution in [0.3, 0.4) is 0 Å². The van der Waals surface area contributed by atoms with Gasteiger partial charge in [0.1, 0.15) is 6.29 Å². The van der Waals surface area contributed by atoms with Crippen molar-refractivity contribution < 1.29 is 14.3 Å². The number of nitrogens with zero attached hydrogens (tertiary/aromatic N) is 1. The molecule has 4 nitrogen and oxygen atoms in total. The third-order valence-electron chi connectivity index (χ3n) is 3.47. The smallest absolute Gasteiger partial charge is 0.339 e. The van der Waals surface area contributed by atoms with Gasteiger partial charge in [-0.05, 0) is 35.9 Å². The van der Waals surface area contributed by atoms with Gasteiger partial charge in [0, 0.05) is 29.9 Å². The number of carbonyl (C=O) groups is 2. The summed E-state index contributed by atoms with van der Waals surface area (Å²) < 4.78 is 7.17. The summed E-state index contributed by atoms with van der Waals surface area (Å²) in [5, 5.41) is 0. The Morgan fingerprint density at radius 3 is 2.91 bits per heavy atom. The number of rotatable bonds is 5. The highest BCUT2D eigenvalue weighted by atomic mass is 16.5. The van der Waals surface area contributed by atoms with Gasteiger partial charge < -0.3 is 9.14 Å². The van der Waals surface area contributed by atoms with E-state index in [0.29, 0.717) is 17.5 Å². The molecule has 2 aromatic heterocycles. The number of pyridine rings is 1. The number of fused-ring (bicyclic) bond motifs is 1. The first-order valence-corrected chi connectivity index (χ1v) is 7.04. The molecule has 0 atom stereocenters. The molecule has 3 aromatic rings. The SMILES string of the molecule is O=Cc1cccc(CCOC(=O)c2ccc3cccn3c2)c1. The summed E-state index contributed by atoms with van der Waals surface area (Å²) in [6, 6.07) is 14.8. The standard InChI is InChI=1S/C18H15NO3/c20-13-15-4-1-3-14(11-15)8-10-22-18(21)16-6-7-17-5-2-9-19(17)12-16/h1-7,9,11-13H,8,10H2. The second-order valence-electron chi connectivity index (χ2n) is 5.01. The maximum atomic E-state index is 12.0. The van der Waals surface area contributed by atoms with Gasteiger partial charge in [-0.3, -0.25) is 4.79 Å². The highest BCUT2D eigenvalue weighted by molar-refractivity contribution is 5.89. The molecule has 2 heterocycles. The average molecular weight is 293 g/mol. The van der Waals surface area contributed by atoms with Crippen molar-refractivity contribution in [3.05, 3.63) is 77.6 Å². The minimum absolute atomic E-state index is 0.283. The fraction of sp³-hybridized carbons (Fsp3) is 0.111. The Morgan fingerprint density at radius 2 is 2.05 bits per heavy atom. The van der Waals surface area contributed by atoms with Gasteiger partial charge >= 0.3 is 5.97 Å². The molecule has 0 aliphatic rings. The lowest BCUT2D eigenvalue weighted by Crippen LogP contribution is -2.09. The number of benzene rings is 1. The van der Waals surface area contributed by atoms with E-state index in [4.69, 9.17) is 4.74 Å². The lowest BCUT2D eigenvalue weighted by atomic mass is 10.1. The van der Waals surface area contributed by atoms with E-state index in [1.165, 1.54) is 0 Å². The van der Waals surface area contributed by atoms with Crippen LogP contribution in [0, 0.1) is 0 Å². The van der Waals surface area contributed by atoms with Gasteiger partial charge in [-0.2, -0.15) is 0 Å². The van der Waals surface area contributed by atoms with Gasteiger partial charge in [-0.15, -0.1) is 0 Å². The fourth-order valence-corrected chi connectivity index (χ4v) is 2.32. The molecule has 3 rings (SSSR count). The minimum atomic E-state index is -0.345. The van der Waals surface area contributed by atoms with E-state index in [1.807, 2.05) is 40.9 Å². The van der Waals surface area contributed by atoms with Crippen molar-refractivity contribution in [1.82, 2.24) is 4.40 Å². The number of aldehydes is 1. The quantitative estimate of drug-likeness (QED) is 0.536. The molecule has 22 heavy (non-hydrogen) atoms. The lowest BCUT2D eigenvalue weighted by molar-refractivity contribution is 0.0508. The molecule has 1 aromatic carbocycles. The van der Waals surface area contributed by atoms with Crippen molar-refractivity contribution in [2.45, 2.75) is 6.42 Å². The first kappa shape index (κ1) is 14.1. The largest absolute Gasteiger partial charge is 0.462 e. The molecule has 4 heteroatoms. The Labute approximate surface area is 128 Å². The van der Waals surface area contributed by atoms with Crippen molar-refractivity contribution in [1.29, 1.82) is 0 Å². The van der Waals surface area contributed by atoms with E-state index in [2.05, 4.69) is 0 Å². The van der Waals surface area contributed by atoms with E-state index in [9.17, 15) is 9.59 Å². The first-order valence-electron chi connectivity index (χ1n) is 7.04. The number of hydrogen-bond donors (Lipinski definition) is 0. The number of carbonyl (C=O) groups excluding carboxylic acids is 2. The van der Waals surface area contributed by atoms with Gasteiger partial charge in [-0.25, -0.2) is 4.79 Å². The normalized spacial score (nSPS) is 10.5. The molecular weight excluding hydrogens is 278 g/mol. The molecule has 0 saturated carbocycles. The molecule has 0 aliphatic heterocycles. The van der Waals surface area contributed by atoms with Crippen LogP contribution in [0.15, 0.2) is 60.9 Å². The van der Waals surface area contributed by atoms with E-state index in [-0.39, 0.29) is 12.6 Å². The Morgan fingerprint density at radius 1 is 1.14 bits per heavy atom. The summed E-state index contributed by atoms with van der Waals surface area (Å²) in [6.45, 7) is 0.283. The van der Waals surface area contributed by atoms with Crippen molar-refractivity contribution in [2.24, 2.45) is 0 Å². The third kappa shape index (κ3) is 3.06. The number of ether oxygens (including phenoxy) is 1. The topological polar surface area (TPSA) is 47.8 Å². The summed E-state index contributed by atoms with van der Waals surface area (Å²) in [4.78, 5) is 22.8. The van der Waals surface area contributed by atoms with Crippen LogP contribution in [-0.4, -0.2) is 23.3 Å². The molecule has 110 valence electrons. The predicted molar refractivity (Wildman–Crippen MR) is 83.2 cm³/mol. The van der Waals surface area contributed by atoms with Crippen molar-refractivity contribution in [2.75, 3.05) is 6.61 Å². The molecule has 0 bridgehead atoms. The van der Waals surface area contributed by atoms with Crippen LogP contribution in [0.4, 0.5) is 0 Å². The number of esters is 1. The van der Waals surface area contributed by atoms with Crippen LogP contribution in [0.1, 0.15) is 26.3 Å². The van der Waals surface area contributed by atoms with Crippen molar-refractivity contribution in [3.8, 4) is 0 Å². The average Bonchev–Trinajstić information content (AvgIpc) is 3.02. The minimum Gasteiger partial charge on any atom is -0.462 e. The Hall–Kier alpha value is -2.88. The molecular formula is C18H15NO3. The zero-order valence-corrected chi connectivity index (χ0v) is 11.9. The molecule has 0 amide bonds. The zero-order chi connectivity index (χ0) is 15.4. The summed E-state index contributed by atoms with van der Waals surface area (Å²) in [5.41, 5.74) is 3.15. The Bertz CT molecular complexity index is 820. The Balaban J connectivity index is 1.60. The van der Waals surface area contributed by atoms with E-state index in [1.54, 1.807) is 24.4 Å². The molecule has 0 N–H and O–H groups in total. The second-order valence-corrected chi connectivity index (χ2v) is 5.01.